The molecule has 0 spiro atoms. The predicted molar refractivity (Wildman–Crippen MR) is 103 cm³/mol. The third kappa shape index (κ3) is 4.71. The van der Waals surface area contributed by atoms with Gasteiger partial charge >= 0.3 is 0 Å². The lowest BCUT2D eigenvalue weighted by molar-refractivity contribution is -0.120. The number of carbonyl (C=O) groups excluding carboxylic acids is 1. The third-order valence-electron chi connectivity index (χ3n) is 4.10. The van der Waals surface area contributed by atoms with Gasteiger partial charge in [-0.1, -0.05) is 83.9 Å². The van der Waals surface area contributed by atoms with Crippen LogP contribution in [0, 0.1) is 6.92 Å². The standard InChI is InChI=1S/C22H20ClNO/c1-16-10-12-19(13-11-16)22(18-7-3-2-4-8-18)24-21(25)15-17-6-5-9-20(23)14-17/h2-14,22H,15H2,1H3,(H,24,25)/t22-/m1/s1. The molecule has 1 N–H and O–H groups in total. The van der Waals surface area contributed by atoms with Crippen molar-refractivity contribution in [3.8, 4) is 0 Å². The van der Waals surface area contributed by atoms with Gasteiger partial charge in [-0.3, -0.25) is 4.79 Å². The summed E-state index contributed by atoms with van der Waals surface area (Å²) in [6.45, 7) is 2.05. The van der Waals surface area contributed by atoms with E-state index < -0.39 is 0 Å². The number of amides is 1. The van der Waals surface area contributed by atoms with Gasteiger partial charge in [0.05, 0.1) is 12.5 Å². The molecule has 0 radical (unpaired) electrons. The first-order valence-electron chi connectivity index (χ1n) is 8.27. The third-order valence-corrected chi connectivity index (χ3v) is 4.34. The topological polar surface area (TPSA) is 29.1 Å². The van der Waals surface area contributed by atoms with Crippen molar-refractivity contribution in [1.82, 2.24) is 5.32 Å². The Balaban J connectivity index is 1.82. The maximum Gasteiger partial charge on any atom is 0.225 e. The van der Waals surface area contributed by atoms with Crippen LogP contribution in [0.25, 0.3) is 0 Å². The largest absolute Gasteiger partial charge is 0.345 e. The Morgan fingerprint density at radius 1 is 0.920 bits per heavy atom. The minimum absolute atomic E-state index is 0.0308. The molecule has 0 aliphatic carbocycles. The first-order valence-corrected chi connectivity index (χ1v) is 8.65. The normalized spacial score (nSPS) is 11.8. The van der Waals surface area contributed by atoms with E-state index in [0.29, 0.717) is 11.4 Å². The molecule has 2 nitrogen and oxygen atoms in total. The lowest BCUT2D eigenvalue weighted by Crippen LogP contribution is -2.30. The van der Waals surface area contributed by atoms with Crippen LogP contribution in [0.4, 0.5) is 0 Å². The second-order valence-electron chi connectivity index (χ2n) is 6.13. The summed E-state index contributed by atoms with van der Waals surface area (Å²) in [5.41, 5.74) is 4.23. The van der Waals surface area contributed by atoms with Crippen molar-refractivity contribution in [2.75, 3.05) is 0 Å². The van der Waals surface area contributed by atoms with E-state index >= 15 is 0 Å². The molecule has 0 heterocycles. The fraction of sp³-hybridized carbons (Fsp3) is 0.136. The van der Waals surface area contributed by atoms with Crippen molar-refractivity contribution in [2.45, 2.75) is 19.4 Å². The number of hydrogen-bond donors (Lipinski definition) is 1. The van der Waals surface area contributed by atoms with Gasteiger partial charge in [0.1, 0.15) is 0 Å². The van der Waals surface area contributed by atoms with Crippen LogP contribution >= 0.6 is 11.6 Å². The summed E-state index contributed by atoms with van der Waals surface area (Å²) in [5.74, 6) is -0.0308. The molecule has 0 fully saturated rings. The maximum atomic E-state index is 12.6. The van der Waals surface area contributed by atoms with Crippen LogP contribution in [-0.4, -0.2) is 5.91 Å². The van der Waals surface area contributed by atoms with Gasteiger partial charge in [0.25, 0.3) is 0 Å². The number of aryl methyl sites for hydroxylation is 1. The number of benzene rings is 3. The minimum Gasteiger partial charge on any atom is -0.345 e. The van der Waals surface area contributed by atoms with Crippen molar-refractivity contribution >= 4 is 17.5 Å². The van der Waals surface area contributed by atoms with Crippen LogP contribution in [0.5, 0.6) is 0 Å². The molecule has 0 unspecified atom stereocenters. The van der Waals surface area contributed by atoms with E-state index in [-0.39, 0.29) is 11.9 Å². The van der Waals surface area contributed by atoms with E-state index in [1.54, 1.807) is 0 Å². The van der Waals surface area contributed by atoms with Gasteiger partial charge in [-0.2, -0.15) is 0 Å². The van der Waals surface area contributed by atoms with E-state index in [4.69, 9.17) is 11.6 Å². The Morgan fingerprint density at radius 2 is 1.60 bits per heavy atom. The molecule has 1 amide bonds. The number of halogens is 1. The Labute approximate surface area is 153 Å². The van der Waals surface area contributed by atoms with Crippen molar-refractivity contribution in [1.29, 1.82) is 0 Å². The zero-order valence-corrected chi connectivity index (χ0v) is 14.8. The Bertz CT molecular complexity index is 843. The highest BCUT2D eigenvalue weighted by Crippen LogP contribution is 2.22. The fourth-order valence-corrected chi connectivity index (χ4v) is 3.02. The highest BCUT2D eigenvalue weighted by atomic mass is 35.5. The predicted octanol–water partition coefficient (Wildman–Crippen LogP) is 5.10. The molecule has 1 atom stereocenters. The van der Waals surface area contributed by atoms with Gasteiger partial charge < -0.3 is 5.32 Å². The molecule has 0 aromatic heterocycles. The molecule has 0 saturated heterocycles. The van der Waals surface area contributed by atoms with Crippen LogP contribution in [0.1, 0.15) is 28.3 Å². The molecule has 0 bridgehead atoms. The quantitative estimate of drug-likeness (QED) is 0.682. The van der Waals surface area contributed by atoms with Gasteiger partial charge in [0.2, 0.25) is 5.91 Å². The van der Waals surface area contributed by atoms with Crippen molar-refractivity contribution in [3.63, 3.8) is 0 Å². The fourth-order valence-electron chi connectivity index (χ4n) is 2.81. The monoisotopic (exact) mass is 349 g/mol. The SMILES string of the molecule is Cc1ccc([C@H](NC(=O)Cc2cccc(Cl)c2)c2ccccc2)cc1. The average molecular weight is 350 g/mol. The van der Waals surface area contributed by atoms with Crippen LogP contribution in [0.3, 0.4) is 0 Å². The van der Waals surface area contributed by atoms with Gasteiger partial charge in [0.15, 0.2) is 0 Å². The molecule has 3 aromatic rings. The molecular formula is C22H20ClNO. The van der Waals surface area contributed by atoms with Gasteiger partial charge in [0, 0.05) is 5.02 Å². The number of nitrogens with one attached hydrogen (secondary N) is 1. The van der Waals surface area contributed by atoms with Crippen LogP contribution in [-0.2, 0) is 11.2 Å². The number of hydrogen-bond acceptors (Lipinski definition) is 1. The molecule has 0 saturated carbocycles. The summed E-state index contributed by atoms with van der Waals surface area (Å²) in [4.78, 5) is 12.6. The summed E-state index contributed by atoms with van der Waals surface area (Å²) in [7, 11) is 0. The van der Waals surface area contributed by atoms with Crippen molar-refractivity contribution in [2.24, 2.45) is 0 Å². The second-order valence-corrected chi connectivity index (χ2v) is 6.57. The highest BCUT2D eigenvalue weighted by Gasteiger charge is 2.17. The summed E-state index contributed by atoms with van der Waals surface area (Å²) in [6, 6.07) is 25.5. The summed E-state index contributed by atoms with van der Waals surface area (Å²) < 4.78 is 0. The Morgan fingerprint density at radius 3 is 2.28 bits per heavy atom. The summed E-state index contributed by atoms with van der Waals surface area (Å²) >= 11 is 6.01. The van der Waals surface area contributed by atoms with E-state index in [1.165, 1.54) is 5.56 Å². The van der Waals surface area contributed by atoms with Crippen LogP contribution in [0.15, 0.2) is 78.9 Å². The molecule has 25 heavy (non-hydrogen) atoms. The zero-order valence-electron chi connectivity index (χ0n) is 14.1. The molecule has 126 valence electrons. The molecule has 3 heteroatoms. The van der Waals surface area contributed by atoms with E-state index in [0.717, 1.165) is 16.7 Å². The molecule has 3 aromatic carbocycles. The maximum absolute atomic E-state index is 12.6. The van der Waals surface area contributed by atoms with E-state index in [2.05, 4.69) is 36.5 Å². The van der Waals surface area contributed by atoms with Crippen molar-refractivity contribution in [3.05, 3.63) is 106 Å². The number of rotatable bonds is 5. The van der Waals surface area contributed by atoms with E-state index in [9.17, 15) is 4.79 Å². The molecule has 0 aliphatic rings. The minimum atomic E-state index is -0.173. The summed E-state index contributed by atoms with van der Waals surface area (Å²) in [6.07, 6.45) is 0.301. The highest BCUT2D eigenvalue weighted by molar-refractivity contribution is 6.30. The van der Waals surface area contributed by atoms with Crippen LogP contribution < -0.4 is 5.32 Å². The van der Waals surface area contributed by atoms with Crippen molar-refractivity contribution < 1.29 is 4.79 Å². The Kier molecular flexibility index (Phi) is 5.52. The lowest BCUT2D eigenvalue weighted by Gasteiger charge is -2.20. The lowest BCUT2D eigenvalue weighted by atomic mass is 9.97. The second kappa shape index (κ2) is 8.00. The van der Waals surface area contributed by atoms with Gasteiger partial charge in [-0.15, -0.1) is 0 Å². The average Bonchev–Trinajstić information content (AvgIpc) is 2.61. The molecule has 0 aliphatic heterocycles. The van der Waals surface area contributed by atoms with Crippen LogP contribution in [0.2, 0.25) is 5.02 Å². The van der Waals surface area contributed by atoms with Gasteiger partial charge in [-0.25, -0.2) is 0 Å². The first kappa shape index (κ1) is 17.2. The van der Waals surface area contributed by atoms with E-state index in [1.807, 2.05) is 54.6 Å². The smallest absolute Gasteiger partial charge is 0.225 e. The summed E-state index contributed by atoms with van der Waals surface area (Å²) in [5, 5.41) is 3.80. The number of carbonyl (C=O) groups is 1. The molecule has 3 rings (SSSR count). The Hall–Kier alpha value is -2.58. The zero-order chi connectivity index (χ0) is 17.6. The van der Waals surface area contributed by atoms with Gasteiger partial charge in [-0.05, 0) is 35.7 Å². The first-order chi connectivity index (χ1) is 12.1. The molecular weight excluding hydrogens is 330 g/mol.